The molecule has 0 spiro atoms. The summed E-state index contributed by atoms with van der Waals surface area (Å²) < 4.78 is 5.09. The van der Waals surface area contributed by atoms with E-state index in [1.807, 2.05) is 0 Å². The molecule has 0 aliphatic carbocycles. The van der Waals surface area contributed by atoms with Crippen LogP contribution in [0.1, 0.15) is 19.8 Å². The molecule has 1 aromatic carbocycles. The van der Waals surface area contributed by atoms with Crippen LogP contribution in [0.25, 0.3) is 0 Å². The van der Waals surface area contributed by atoms with Gasteiger partial charge in [-0.2, -0.15) is 0 Å². The topological polar surface area (TPSA) is 102 Å². The fraction of sp³-hybridized carbons (Fsp3) is 0.385. The summed E-state index contributed by atoms with van der Waals surface area (Å²) in [6.07, 6.45) is 0.193. The van der Waals surface area contributed by atoms with Gasteiger partial charge in [0.25, 0.3) is 5.91 Å². The molecule has 4 N–H and O–H groups in total. The number of primary amides is 1. The molecular formula is C13H18N2O4. The second-order valence-corrected chi connectivity index (χ2v) is 4.22. The fourth-order valence-corrected chi connectivity index (χ4v) is 1.35. The van der Waals surface area contributed by atoms with Gasteiger partial charge in [0.1, 0.15) is 5.75 Å². The van der Waals surface area contributed by atoms with E-state index in [1.54, 1.807) is 31.2 Å². The van der Waals surface area contributed by atoms with Crippen LogP contribution in [-0.2, 0) is 9.59 Å². The van der Waals surface area contributed by atoms with Gasteiger partial charge in [-0.3, -0.25) is 9.59 Å². The van der Waals surface area contributed by atoms with Crippen molar-refractivity contribution in [1.82, 2.24) is 0 Å². The molecule has 1 unspecified atom stereocenters. The van der Waals surface area contributed by atoms with Crippen LogP contribution >= 0.6 is 0 Å². The Morgan fingerprint density at radius 3 is 2.53 bits per heavy atom. The molecule has 104 valence electrons. The Morgan fingerprint density at radius 2 is 2.00 bits per heavy atom. The van der Waals surface area contributed by atoms with E-state index in [2.05, 4.69) is 5.32 Å². The maximum Gasteiger partial charge on any atom is 0.255 e. The summed E-state index contributed by atoms with van der Waals surface area (Å²) in [5, 5.41) is 11.8. The number of anilines is 1. The first kappa shape index (κ1) is 15.0. The third-order valence-electron chi connectivity index (χ3n) is 2.31. The molecule has 2 amide bonds. The zero-order valence-corrected chi connectivity index (χ0v) is 10.8. The van der Waals surface area contributed by atoms with Crippen LogP contribution in [0.3, 0.4) is 0 Å². The van der Waals surface area contributed by atoms with E-state index in [0.29, 0.717) is 17.9 Å². The molecule has 0 fully saturated rings. The molecule has 0 bridgehead atoms. The third-order valence-corrected chi connectivity index (χ3v) is 2.31. The molecule has 0 heterocycles. The number of benzene rings is 1. The SMILES string of the molecule is CC(O)CCC(=O)Nc1ccc(OCC(N)=O)cc1. The van der Waals surface area contributed by atoms with Gasteiger partial charge >= 0.3 is 0 Å². The van der Waals surface area contributed by atoms with E-state index in [0.717, 1.165) is 0 Å². The van der Waals surface area contributed by atoms with Crippen molar-refractivity contribution in [3.8, 4) is 5.75 Å². The summed E-state index contributed by atoms with van der Waals surface area (Å²) in [4.78, 5) is 22.0. The van der Waals surface area contributed by atoms with Crippen LogP contribution in [-0.4, -0.2) is 29.6 Å². The lowest BCUT2D eigenvalue weighted by Gasteiger charge is -2.08. The molecule has 0 saturated carbocycles. The van der Waals surface area contributed by atoms with E-state index in [1.165, 1.54) is 0 Å². The zero-order chi connectivity index (χ0) is 14.3. The van der Waals surface area contributed by atoms with E-state index in [4.69, 9.17) is 15.6 Å². The summed E-state index contributed by atoms with van der Waals surface area (Å²) in [6.45, 7) is 1.46. The summed E-state index contributed by atoms with van der Waals surface area (Å²) in [6, 6.07) is 6.59. The highest BCUT2D eigenvalue weighted by Gasteiger charge is 2.05. The number of nitrogens with two attached hydrogens (primary N) is 1. The number of hydrogen-bond donors (Lipinski definition) is 3. The van der Waals surface area contributed by atoms with Crippen LogP contribution in [0, 0.1) is 0 Å². The Balaban J connectivity index is 2.43. The second-order valence-electron chi connectivity index (χ2n) is 4.22. The van der Waals surface area contributed by atoms with E-state index in [-0.39, 0.29) is 18.9 Å². The van der Waals surface area contributed by atoms with Gasteiger partial charge in [-0.1, -0.05) is 0 Å². The standard InChI is InChI=1S/C13H18N2O4/c1-9(16)2-7-13(18)15-10-3-5-11(6-4-10)19-8-12(14)17/h3-6,9,16H,2,7-8H2,1H3,(H2,14,17)(H,15,18). The van der Waals surface area contributed by atoms with Crippen molar-refractivity contribution in [2.24, 2.45) is 5.73 Å². The molecule has 0 radical (unpaired) electrons. The summed E-state index contributed by atoms with van der Waals surface area (Å²) in [5.41, 5.74) is 5.58. The molecule has 6 heteroatoms. The van der Waals surface area contributed by atoms with Crippen LogP contribution in [0.5, 0.6) is 5.75 Å². The Hall–Kier alpha value is -2.08. The third kappa shape index (κ3) is 6.42. The van der Waals surface area contributed by atoms with Crippen LogP contribution < -0.4 is 15.8 Å². The lowest BCUT2D eigenvalue weighted by atomic mass is 10.2. The Labute approximate surface area is 111 Å². The van der Waals surface area contributed by atoms with Crippen LogP contribution in [0.2, 0.25) is 0 Å². The Bertz CT molecular complexity index is 429. The molecular weight excluding hydrogens is 248 g/mol. The highest BCUT2D eigenvalue weighted by atomic mass is 16.5. The number of nitrogens with one attached hydrogen (secondary N) is 1. The molecule has 0 aliphatic heterocycles. The number of rotatable bonds is 7. The summed E-state index contributed by atoms with van der Waals surface area (Å²) in [5.74, 6) is -0.206. The van der Waals surface area contributed by atoms with Gasteiger partial charge in [0.05, 0.1) is 6.10 Å². The average molecular weight is 266 g/mol. The predicted octanol–water partition coefficient (Wildman–Crippen LogP) is 0.650. The number of carbonyl (C=O) groups excluding carboxylic acids is 2. The van der Waals surface area contributed by atoms with Crippen molar-refractivity contribution in [2.75, 3.05) is 11.9 Å². The van der Waals surface area contributed by atoms with Gasteiger partial charge in [-0.15, -0.1) is 0 Å². The van der Waals surface area contributed by atoms with E-state index < -0.39 is 12.0 Å². The monoisotopic (exact) mass is 266 g/mol. The summed E-state index contributed by atoms with van der Waals surface area (Å²) >= 11 is 0. The number of carbonyl (C=O) groups is 2. The van der Waals surface area contributed by atoms with Crippen molar-refractivity contribution in [3.05, 3.63) is 24.3 Å². The first-order valence-corrected chi connectivity index (χ1v) is 5.96. The first-order chi connectivity index (χ1) is 8.97. The largest absolute Gasteiger partial charge is 0.484 e. The van der Waals surface area contributed by atoms with Gasteiger partial charge in [-0.25, -0.2) is 0 Å². The van der Waals surface area contributed by atoms with Gasteiger partial charge in [0.15, 0.2) is 6.61 Å². The van der Waals surface area contributed by atoms with Crippen LogP contribution in [0.15, 0.2) is 24.3 Å². The van der Waals surface area contributed by atoms with Crippen molar-refractivity contribution in [1.29, 1.82) is 0 Å². The quantitative estimate of drug-likeness (QED) is 0.674. The zero-order valence-electron chi connectivity index (χ0n) is 10.8. The molecule has 6 nitrogen and oxygen atoms in total. The maximum atomic E-state index is 11.5. The lowest BCUT2D eigenvalue weighted by molar-refractivity contribution is -0.120. The minimum Gasteiger partial charge on any atom is -0.484 e. The number of ether oxygens (including phenoxy) is 1. The lowest BCUT2D eigenvalue weighted by Crippen LogP contribution is -2.20. The van der Waals surface area contributed by atoms with Crippen molar-refractivity contribution in [2.45, 2.75) is 25.9 Å². The Morgan fingerprint density at radius 1 is 1.37 bits per heavy atom. The highest BCUT2D eigenvalue weighted by Crippen LogP contribution is 2.16. The number of aliphatic hydroxyl groups is 1. The maximum absolute atomic E-state index is 11.5. The molecule has 19 heavy (non-hydrogen) atoms. The van der Waals surface area contributed by atoms with E-state index in [9.17, 15) is 9.59 Å². The van der Waals surface area contributed by atoms with Gasteiger partial charge in [0.2, 0.25) is 5.91 Å². The van der Waals surface area contributed by atoms with Crippen molar-refractivity contribution >= 4 is 17.5 Å². The second kappa shape index (κ2) is 7.38. The average Bonchev–Trinajstić information content (AvgIpc) is 2.35. The van der Waals surface area contributed by atoms with Crippen LogP contribution in [0.4, 0.5) is 5.69 Å². The summed E-state index contributed by atoms with van der Waals surface area (Å²) in [7, 11) is 0. The smallest absolute Gasteiger partial charge is 0.255 e. The molecule has 1 atom stereocenters. The minimum atomic E-state index is -0.546. The number of aliphatic hydroxyl groups excluding tert-OH is 1. The highest BCUT2D eigenvalue weighted by molar-refractivity contribution is 5.90. The van der Waals surface area contributed by atoms with Gasteiger partial charge in [0, 0.05) is 12.1 Å². The molecule has 0 aliphatic rings. The molecule has 1 aromatic rings. The molecule has 0 saturated heterocycles. The minimum absolute atomic E-state index is 0.160. The predicted molar refractivity (Wildman–Crippen MR) is 70.7 cm³/mol. The Kier molecular flexibility index (Phi) is 5.81. The van der Waals surface area contributed by atoms with E-state index >= 15 is 0 Å². The fourth-order valence-electron chi connectivity index (χ4n) is 1.35. The van der Waals surface area contributed by atoms with Gasteiger partial charge in [-0.05, 0) is 37.6 Å². The normalized spacial score (nSPS) is 11.7. The number of amides is 2. The van der Waals surface area contributed by atoms with Crippen molar-refractivity contribution in [3.63, 3.8) is 0 Å². The first-order valence-electron chi connectivity index (χ1n) is 5.96. The van der Waals surface area contributed by atoms with Crippen molar-refractivity contribution < 1.29 is 19.4 Å². The number of hydrogen-bond acceptors (Lipinski definition) is 4. The molecule has 1 rings (SSSR count). The van der Waals surface area contributed by atoms with Gasteiger partial charge < -0.3 is 20.9 Å². The molecule has 0 aromatic heterocycles.